The fraction of sp³-hybridized carbons (Fsp3) is 0.214. The van der Waals surface area contributed by atoms with E-state index < -0.39 is 6.04 Å². The summed E-state index contributed by atoms with van der Waals surface area (Å²) in [5.41, 5.74) is 1.13. The Morgan fingerprint density at radius 2 is 1.84 bits per heavy atom. The highest BCUT2D eigenvalue weighted by atomic mass is 79.9. The van der Waals surface area contributed by atoms with Crippen molar-refractivity contribution in [1.29, 1.82) is 0 Å². The Labute approximate surface area is 119 Å². The van der Waals surface area contributed by atoms with Crippen molar-refractivity contribution in [3.8, 4) is 0 Å². The summed E-state index contributed by atoms with van der Waals surface area (Å²) in [6.07, 6.45) is 3.08. The van der Waals surface area contributed by atoms with Crippen molar-refractivity contribution in [2.24, 2.45) is 0 Å². The number of nitrogens with zero attached hydrogens (tertiary/aromatic N) is 2. The summed E-state index contributed by atoms with van der Waals surface area (Å²) in [6, 6.07) is 6.74. The van der Waals surface area contributed by atoms with E-state index in [1.54, 1.807) is 25.3 Å². The van der Waals surface area contributed by atoms with Gasteiger partial charge in [0.1, 0.15) is 6.04 Å². The van der Waals surface area contributed by atoms with Gasteiger partial charge < -0.3 is 0 Å². The Bertz CT molecular complexity index is 617. The van der Waals surface area contributed by atoms with Crippen molar-refractivity contribution < 1.29 is 9.59 Å². The zero-order valence-electron chi connectivity index (χ0n) is 10.6. The molecule has 0 N–H and O–H groups in total. The minimum Gasteiger partial charge on any atom is -0.294 e. The lowest BCUT2D eigenvalue weighted by Gasteiger charge is -2.11. The van der Waals surface area contributed by atoms with Crippen molar-refractivity contribution >= 4 is 27.5 Å². The molecule has 0 amide bonds. The van der Waals surface area contributed by atoms with Gasteiger partial charge in [0.2, 0.25) is 0 Å². The van der Waals surface area contributed by atoms with Gasteiger partial charge in [-0.05, 0) is 26.0 Å². The normalized spacial score (nSPS) is 12.2. The SMILES string of the molecule is CC(=O)c1cnn(C(C)C(=O)c2ccc(Br)cc2)c1. The molecule has 1 aromatic heterocycles. The summed E-state index contributed by atoms with van der Waals surface area (Å²) in [5, 5.41) is 4.07. The summed E-state index contributed by atoms with van der Waals surface area (Å²) in [5.74, 6) is -0.0970. The first-order valence-electron chi connectivity index (χ1n) is 5.84. The zero-order valence-corrected chi connectivity index (χ0v) is 12.2. The van der Waals surface area contributed by atoms with E-state index in [0.29, 0.717) is 11.1 Å². The first-order valence-corrected chi connectivity index (χ1v) is 6.63. The third kappa shape index (κ3) is 2.98. The van der Waals surface area contributed by atoms with Gasteiger partial charge in [-0.1, -0.05) is 28.1 Å². The van der Waals surface area contributed by atoms with Crippen molar-refractivity contribution in [3.63, 3.8) is 0 Å². The van der Waals surface area contributed by atoms with E-state index >= 15 is 0 Å². The van der Waals surface area contributed by atoms with Gasteiger partial charge in [-0.2, -0.15) is 5.10 Å². The van der Waals surface area contributed by atoms with Crippen LogP contribution in [0.1, 0.15) is 40.6 Å². The highest BCUT2D eigenvalue weighted by Crippen LogP contribution is 2.17. The Hall–Kier alpha value is -1.75. The predicted molar refractivity (Wildman–Crippen MR) is 75.4 cm³/mol. The van der Waals surface area contributed by atoms with Crippen LogP contribution >= 0.6 is 15.9 Å². The molecule has 2 rings (SSSR count). The topological polar surface area (TPSA) is 52.0 Å². The Morgan fingerprint density at radius 1 is 1.21 bits per heavy atom. The maximum atomic E-state index is 12.3. The first kappa shape index (κ1) is 13.7. The molecule has 1 heterocycles. The number of carbonyl (C=O) groups is 2. The molecule has 0 fully saturated rings. The van der Waals surface area contributed by atoms with E-state index in [0.717, 1.165) is 4.47 Å². The number of ketones is 2. The van der Waals surface area contributed by atoms with E-state index in [4.69, 9.17) is 0 Å². The van der Waals surface area contributed by atoms with Gasteiger partial charge in [-0.15, -0.1) is 0 Å². The lowest BCUT2D eigenvalue weighted by Crippen LogP contribution is -2.17. The Morgan fingerprint density at radius 3 is 2.37 bits per heavy atom. The third-order valence-electron chi connectivity index (χ3n) is 2.91. The van der Waals surface area contributed by atoms with Crippen LogP contribution < -0.4 is 0 Å². The smallest absolute Gasteiger partial charge is 0.187 e. The van der Waals surface area contributed by atoms with E-state index in [9.17, 15) is 9.59 Å². The Kier molecular flexibility index (Phi) is 3.95. The average Bonchev–Trinajstić information content (AvgIpc) is 2.87. The van der Waals surface area contributed by atoms with Gasteiger partial charge in [-0.25, -0.2) is 0 Å². The predicted octanol–water partition coefficient (Wildman–Crippen LogP) is 3.29. The second kappa shape index (κ2) is 5.48. The van der Waals surface area contributed by atoms with Crippen LogP contribution in [0.15, 0.2) is 41.1 Å². The molecule has 0 saturated heterocycles. The lowest BCUT2D eigenvalue weighted by molar-refractivity contribution is 0.0926. The van der Waals surface area contributed by atoms with Crippen LogP contribution in [-0.2, 0) is 0 Å². The van der Waals surface area contributed by atoms with Crippen molar-refractivity contribution in [3.05, 3.63) is 52.3 Å². The van der Waals surface area contributed by atoms with Gasteiger partial charge >= 0.3 is 0 Å². The molecule has 1 unspecified atom stereocenters. The fourth-order valence-electron chi connectivity index (χ4n) is 1.71. The molecule has 1 aromatic carbocycles. The van der Waals surface area contributed by atoms with Crippen LogP contribution in [-0.4, -0.2) is 21.3 Å². The molecular formula is C14H13BrN2O2. The highest BCUT2D eigenvalue weighted by molar-refractivity contribution is 9.10. The maximum absolute atomic E-state index is 12.3. The molecule has 5 heteroatoms. The fourth-order valence-corrected chi connectivity index (χ4v) is 1.97. The number of rotatable bonds is 4. The Balaban J connectivity index is 2.22. The van der Waals surface area contributed by atoms with Gasteiger partial charge in [0.05, 0.1) is 11.8 Å². The van der Waals surface area contributed by atoms with Gasteiger partial charge in [0.15, 0.2) is 11.6 Å². The number of benzene rings is 1. The number of aromatic nitrogens is 2. The van der Waals surface area contributed by atoms with Crippen molar-refractivity contribution in [2.45, 2.75) is 19.9 Å². The van der Waals surface area contributed by atoms with Crippen LogP contribution in [0, 0.1) is 0 Å². The summed E-state index contributed by atoms with van der Waals surface area (Å²) in [7, 11) is 0. The molecule has 0 aliphatic carbocycles. The quantitative estimate of drug-likeness (QED) is 0.812. The molecule has 0 spiro atoms. The largest absolute Gasteiger partial charge is 0.294 e. The summed E-state index contributed by atoms with van der Waals surface area (Å²) >= 11 is 3.33. The highest BCUT2D eigenvalue weighted by Gasteiger charge is 2.18. The minimum absolute atomic E-state index is 0.0364. The van der Waals surface area contributed by atoms with Crippen LogP contribution in [0.4, 0.5) is 0 Å². The number of halogens is 1. The second-order valence-electron chi connectivity index (χ2n) is 4.31. The first-order chi connectivity index (χ1) is 8.99. The van der Waals surface area contributed by atoms with Crippen molar-refractivity contribution in [2.75, 3.05) is 0 Å². The summed E-state index contributed by atoms with van der Waals surface area (Å²) in [6.45, 7) is 3.24. The van der Waals surface area contributed by atoms with Crippen LogP contribution in [0.2, 0.25) is 0 Å². The molecule has 4 nitrogen and oxygen atoms in total. The standard InChI is InChI=1S/C14H13BrN2O2/c1-9(17-8-12(7-16-17)10(2)18)14(19)11-3-5-13(15)6-4-11/h3-9H,1-2H3. The number of hydrogen-bond acceptors (Lipinski definition) is 3. The van der Waals surface area contributed by atoms with Crippen LogP contribution in [0.3, 0.4) is 0 Å². The molecule has 0 aliphatic rings. The van der Waals surface area contributed by atoms with Crippen LogP contribution in [0.25, 0.3) is 0 Å². The molecule has 19 heavy (non-hydrogen) atoms. The summed E-state index contributed by atoms with van der Waals surface area (Å²) < 4.78 is 2.44. The molecule has 0 saturated carbocycles. The summed E-state index contributed by atoms with van der Waals surface area (Å²) in [4.78, 5) is 23.5. The number of hydrogen-bond donors (Lipinski definition) is 0. The molecule has 0 aliphatic heterocycles. The van der Waals surface area contributed by atoms with E-state index in [-0.39, 0.29) is 11.6 Å². The van der Waals surface area contributed by atoms with E-state index in [1.807, 2.05) is 12.1 Å². The molecule has 1 atom stereocenters. The molecule has 2 aromatic rings. The molecule has 0 bridgehead atoms. The average molecular weight is 321 g/mol. The third-order valence-corrected chi connectivity index (χ3v) is 3.44. The van der Waals surface area contributed by atoms with E-state index in [2.05, 4.69) is 21.0 Å². The number of Topliss-reactive ketones (excluding diaryl/α,β-unsaturated/α-hetero) is 2. The monoisotopic (exact) mass is 320 g/mol. The molecule has 0 radical (unpaired) electrons. The molecule has 98 valence electrons. The zero-order chi connectivity index (χ0) is 14.0. The van der Waals surface area contributed by atoms with Gasteiger partial charge in [-0.3, -0.25) is 14.3 Å². The van der Waals surface area contributed by atoms with Crippen molar-refractivity contribution in [1.82, 2.24) is 9.78 Å². The minimum atomic E-state index is -0.436. The molecular weight excluding hydrogens is 308 g/mol. The second-order valence-corrected chi connectivity index (χ2v) is 5.23. The van der Waals surface area contributed by atoms with Gasteiger partial charge in [0, 0.05) is 16.2 Å². The number of carbonyl (C=O) groups excluding carboxylic acids is 2. The lowest BCUT2D eigenvalue weighted by atomic mass is 10.1. The van der Waals surface area contributed by atoms with Gasteiger partial charge in [0.25, 0.3) is 0 Å². The van der Waals surface area contributed by atoms with Crippen LogP contribution in [0.5, 0.6) is 0 Å². The maximum Gasteiger partial charge on any atom is 0.187 e. The van der Waals surface area contributed by atoms with E-state index in [1.165, 1.54) is 17.8 Å².